The maximum absolute atomic E-state index is 15.4. The molecule has 1 aromatic heterocycles. The summed E-state index contributed by atoms with van der Waals surface area (Å²) in [6.07, 6.45) is -6.31. The Labute approximate surface area is 355 Å². The van der Waals surface area contributed by atoms with E-state index >= 15 is 35.1 Å². The van der Waals surface area contributed by atoms with Gasteiger partial charge < -0.3 is 0 Å². The van der Waals surface area contributed by atoms with E-state index in [1.54, 1.807) is 0 Å². The molecular weight excluding hydrogens is 937 g/mol. The zero-order chi connectivity index (χ0) is 49.0. The standard InChI is InChI=1S/C24BF20.C19H18NO/c26-5-1(6(27)14(35)21(42)13(5)34)25(2-7(28)15(36)22(43)16(37)8(2)29,3-9(30)17(38)23(44)18(39)10(3)31)4-11(32)19(40)24(45)20(41)12(4)33;1-2-17-13-12-15-8-6-7-11-18(15)20(17)14-19(21)16-9-4-3-5-10-16/h;3-13H,2,14H2,1H3/q-1;+1. The number of rotatable bonds is 8. The Bertz CT molecular complexity index is 2750. The normalized spacial score (nSPS) is 11.6. The zero-order valence-electron chi connectivity index (χ0n) is 32.3. The van der Waals surface area contributed by atoms with Gasteiger partial charge in [0.15, 0.2) is 75.5 Å². The number of pyridine rings is 1. The van der Waals surface area contributed by atoms with Crippen molar-refractivity contribution in [2.45, 2.75) is 19.9 Å². The Morgan fingerprint density at radius 3 is 0.985 bits per heavy atom. The number of ketones is 1. The van der Waals surface area contributed by atoms with Crippen molar-refractivity contribution in [3.63, 3.8) is 0 Å². The SMILES string of the molecule is CCc1ccc2ccccc2[n+]1CC(=O)c1ccccc1.Fc1c(F)c(F)c([B-](c2c(F)c(F)c(F)c(F)c2F)(c2c(F)c(F)c(F)c(F)c2F)c2c(F)c(F)c(F)c(F)c2F)c(F)c1F. The molecular formula is C43H18BF20NO. The second-order valence-corrected chi connectivity index (χ2v) is 13.9. The van der Waals surface area contributed by atoms with Crippen LogP contribution in [0.5, 0.6) is 0 Å². The van der Waals surface area contributed by atoms with Gasteiger partial charge in [0.2, 0.25) is 17.8 Å². The van der Waals surface area contributed by atoms with Gasteiger partial charge in [-0.1, -0.05) is 49.4 Å². The van der Waals surface area contributed by atoms with E-state index in [-0.39, 0.29) is 5.78 Å². The molecule has 0 amide bonds. The molecule has 344 valence electrons. The van der Waals surface area contributed by atoms with Gasteiger partial charge in [0, 0.05) is 29.5 Å². The van der Waals surface area contributed by atoms with Crippen LogP contribution in [0.25, 0.3) is 10.9 Å². The molecule has 7 rings (SSSR count). The predicted octanol–water partition coefficient (Wildman–Crippen LogP) is 9.42. The number of hydrogen-bond donors (Lipinski definition) is 0. The first-order chi connectivity index (χ1) is 31.0. The van der Waals surface area contributed by atoms with E-state index in [1.807, 2.05) is 42.5 Å². The second kappa shape index (κ2) is 18.2. The quantitative estimate of drug-likeness (QED) is 0.0372. The summed E-state index contributed by atoms with van der Waals surface area (Å²) in [4.78, 5) is 12.5. The number of hydrogen-bond acceptors (Lipinski definition) is 1. The number of nitrogens with zero attached hydrogens (tertiary/aromatic N) is 1. The van der Waals surface area contributed by atoms with Gasteiger partial charge in [-0.25, -0.2) is 87.8 Å². The van der Waals surface area contributed by atoms with Gasteiger partial charge in [0.25, 0.3) is 0 Å². The summed E-state index contributed by atoms with van der Waals surface area (Å²) in [6, 6.07) is 21.9. The number of para-hydroxylation sites is 1. The van der Waals surface area contributed by atoms with Gasteiger partial charge in [0.05, 0.1) is 0 Å². The molecule has 2 nitrogen and oxygen atoms in total. The number of benzene rings is 6. The van der Waals surface area contributed by atoms with Gasteiger partial charge in [-0.05, 0) is 12.1 Å². The molecule has 0 saturated heterocycles. The molecule has 1 heterocycles. The van der Waals surface area contributed by atoms with Crippen LogP contribution in [0.15, 0.2) is 66.7 Å². The number of carbonyl (C=O) groups is 1. The first kappa shape index (κ1) is 48.5. The summed E-state index contributed by atoms with van der Waals surface area (Å²) in [6.45, 7) is 2.50. The summed E-state index contributed by atoms with van der Waals surface area (Å²) < 4.78 is 296. The van der Waals surface area contributed by atoms with Crippen molar-refractivity contribution in [3.8, 4) is 0 Å². The highest BCUT2D eigenvalue weighted by Gasteiger charge is 2.52. The molecule has 66 heavy (non-hydrogen) atoms. The lowest BCUT2D eigenvalue weighted by atomic mass is 9.12. The minimum Gasteiger partial charge on any atom is -0.287 e. The van der Waals surface area contributed by atoms with E-state index in [1.165, 1.54) is 5.69 Å². The first-order valence-corrected chi connectivity index (χ1v) is 18.2. The highest BCUT2D eigenvalue weighted by atomic mass is 19.2. The average Bonchev–Trinajstić information content (AvgIpc) is 3.31. The highest BCUT2D eigenvalue weighted by molar-refractivity contribution is 7.20. The van der Waals surface area contributed by atoms with Gasteiger partial charge in [-0.2, -0.15) is 4.57 Å². The van der Waals surface area contributed by atoms with Crippen LogP contribution in [0.3, 0.4) is 0 Å². The molecule has 0 N–H and O–H groups in total. The smallest absolute Gasteiger partial charge is 0.227 e. The molecule has 0 atom stereocenters. The molecule has 0 aliphatic carbocycles. The Morgan fingerprint density at radius 2 is 0.667 bits per heavy atom. The van der Waals surface area contributed by atoms with E-state index in [0.29, 0.717) is 6.54 Å². The third-order valence-electron chi connectivity index (χ3n) is 10.5. The van der Waals surface area contributed by atoms with E-state index in [2.05, 4.69) is 35.8 Å². The van der Waals surface area contributed by atoms with E-state index < -0.39 is 144 Å². The highest BCUT2D eigenvalue weighted by Crippen LogP contribution is 2.31. The number of fused-ring (bicyclic) bond motifs is 1. The molecule has 0 saturated carbocycles. The first-order valence-electron chi connectivity index (χ1n) is 18.2. The van der Waals surface area contributed by atoms with Crippen LogP contribution in [0.4, 0.5) is 87.8 Å². The zero-order valence-corrected chi connectivity index (χ0v) is 32.3. The van der Waals surface area contributed by atoms with Gasteiger partial charge >= 0.3 is 0 Å². The van der Waals surface area contributed by atoms with Gasteiger partial charge in [0.1, 0.15) is 52.7 Å². The fourth-order valence-electron chi connectivity index (χ4n) is 7.53. The van der Waals surface area contributed by atoms with Gasteiger partial charge in [-0.3, -0.25) is 4.79 Å². The monoisotopic (exact) mass is 955 g/mol. The Morgan fingerprint density at radius 1 is 0.379 bits per heavy atom. The molecule has 0 aliphatic heterocycles. The van der Waals surface area contributed by atoms with Crippen molar-refractivity contribution in [2.24, 2.45) is 0 Å². The Balaban J connectivity index is 0.000000284. The van der Waals surface area contributed by atoms with Crippen molar-refractivity contribution >= 4 is 44.7 Å². The number of Topliss-reactive ketones (excluding diaryl/α,β-unsaturated/α-hetero) is 1. The minimum absolute atomic E-state index is 0.145. The predicted molar refractivity (Wildman–Crippen MR) is 194 cm³/mol. The molecule has 0 bridgehead atoms. The topological polar surface area (TPSA) is 20.9 Å². The molecule has 23 heteroatoms. The van der Waals surface area contributed by atoms with Crippen LogP contribution in [-0.2, 0) is 13.0 Å². The van der Waals surface area contributed by atoms with Crippen LogP contribution in [0.1, 0.15) is 23.0 Å². The second-order valence-electron chi connectivity index (χ2n) is 13.9. The third kappa shape index (κ3) is 7.46. The Kier molecular flexibility index (Phi) is 13.3. The fraction of sp³-hybridized carbons (Fsp3) is 0.0698. The maximum Gasteiger partial charge on any atom is 0.227 e. The minimum atomic E-state index is -7.22. The summed E-state index contributed by atoms with van der Waals surface area (Å²) in [5, 5.41) is 1.16. The molecule has 0 aliphatic rings. The lowest BCUT2D eigenvalue weighted by Gasteiger charge is -2.44. The van der Waals surface area contributed by atoms with Crippen LogP contribution in [-0.4, -0.2) is 11.9 Å². The number of halogens is 20. The molecule has 7 aromatic rings. The Hall–Kier alpha value is -6.94. The van der Waals surface area contributed by atoms with Crippen LogP contribution < -0.4 is 26.4 Å². The maximum atomic E-state index is 15.4. The average molecular weight is 955 g/mol. The lowest BCUT2D eigenvalue weighted by molar-refractivity contribution is -0.664. The summed E-state index contributed by atoms with van der Waals surface area (Å²) >= 11 is 0. The molecule has 0 spiro atoms. The van der Waals surface area contributed by atoms with E-state index in [4.69, 9.17) is 0 Å². The summed E-state index contributed by atoms with van der Waals surface area (Å²) in [5.41, 5.74) is -11.3. The summed E-state index contributed by atoms with van der Waals surface area (Å²) in [7, 11) is 0. The van der Waals surface area contributed by atoms with Crippen LogP contribution in [0, 0.1) is 116 Å². The van der Waals surface area contributed by atoms with Crippen LogP contribution >= 0.6 is 0 Å². The van der Waals surface area contributed by atoms with Crippen molar-refractivity contribution in [1.29, 1.82) is 0 Å². The third-order valence-corrected chi connectivity index (χ3v) is 10.5. The molecule has 0 fully saturated rings. The summed E-state index contributed by atoms with van der Waals surface area (Å²) in [5.74, 6) is -71.3. The van der Waals surface area contributed by atoms with Crippen LogP contribution in [0.2, 0.25) is 0 Å². The molecule has 0 radical (unpaired) electrons. The van der Waals surface area contributed by atoms with E-state index in [0.717, 1.165) is 22.9 Å². The number of aromatic nitrogens is 1. The van der Waals surface area contributed by atoms with Crippen molar-refractivity contribution in [1.82, 2.24) is 0 Å². The molecule has 6 aromatic carbocycles. The van der Waals surface area contributed by atoms with Crippen molar-refractivity contribution in [3.05, 3.63) is 194 Å². The fourth-order valence-corrected chi connectivity index (χ4v) is 7.53. The van der Waals surface area contributed by atoms with Crippen molar-refractivity contribution < 1.29 is 97.2 Å². The van der Waals surface area contributed by atoms with Crippen molar-refractivity contribution in [2.75, 3.05) is 0 Å². The van der Waals surface area contributed by atoms with Gasteiger partial charge in [-0.15, -0.1) is 21.9 Å². The number of carbonyl (C=O) groups excluding carboxylic acids is 1. The lowest BCUT2D eigenvalue weighted by Crippen LogP contribution is -2.81. The molecule has 0 unspecified atom stereocenters. The van der Waals surface area contributed by atoms with E-state index in [9.17, 15) is 57.5 Å². The number of aryl methyl sites for hydroxylation is 1. The largest absolute Gasteiger partial charge is 0.287 e.